The quantitative estimate of drug-likeness (QED) is 0.0881. The molecule has 0 fully saturated rings. The summed E-state index contributed by atoms with van der Waals surface area (Å²) in [6.45, 7) is 6.05. The molecule has 0 atom stereocenters. The van der Waals surface area contributed by atoms with E-state index in [1.807, 2.05) is 19.1 Å². The molecule has 0 saturated carbocycles. The van der Waals surface area contributed by atoms with Crippen molar-refractivity contribution in [1.29, 1.82) is 0 Å². The molecule has 3 heteroatoms. The Morgan fingerprint density at radius 3 is 1.71 bits per heavy atom. The zero-order chi connectivity index (χ0) is 24.8. The van der Waals surface area contributed by atoms with Crippen LogP contribution in [0.4, 0.5) is 0 Å². The fraction of sp³-hybridized carbons (Fsp3) is 0.219. The van der Waals surface area contributed by atoms with Crippen molar-refractivity contribution < 1.29 is 9.53 Å². The Kier molecular flexibility index (Phi) is 10.7. The monoisotopic (exact) mass is 483 g/mol. The van der Waals surface area contributed by atoms with Crippen LogP contribution >= 0.6 is 7.26 Å². The molecule has 0 heterocycles. The number of esters is 1. The number of carbonyl (C=O) groups excluding carboxylic acids is 1. The van der Waals surface area contributed by atoms with Gasteiger partial charge in [0.05, 0.1) is 18.3 Å². The lowest BCUT2D eigenvalue weighted by molar-refractivity contribution is -0.138. The number of hydrogen-bond acceptors (Lipinski definition) is 2. The topological polar surface area (TPSA) is 26.3 Å². The Balaban J connectivity index is 1.67. The Morgan fingerprint density at radius 2 is 1.26 bits per heavy atom. The largest absolute Gasteiger partial charge is 0.462 e. The summed E-state index contributed by atoms with van der Waals surface area (Å²) in [5, 5.41) is 4.28. The van der Waals surface area contributed by atoms with Crippen LogP contribution in [0.5, 0.6) is 0 Å². The Labute approximate surface area is 211 Å². The molecule has 0 saturated heterocycles. The maximum absolute atomic E-state index is 12.2. The molecule has 0 aliphatic rings. The Bertz CT molecular complexity index is 1010. The van der Waals surface area contributed by atoms with Crippen LogP contribution in [0.3, 0.4) is 0 Å². The number of rotatable bonds is 13. The molecule has 0 radical (unpaired) electrons. The maximum Gasteiger partial charge on any atom is 0.338 e. The number of allylic oxidation sites excluding steroid dienone is 3. The van der Waals surface area contributed by atoms with E-state index in [9.17, 15) is 4.79 Å². The van der Waals surface area contributed by atoms with Crippen molar-refractivity contribution >= 4 is 29.1 Å². The molecule has 0 N–H and O–H groups in total. The fourth-order valence-electron chi connectivity index (χ4n) is 4.35. The summed E-state index contributed by atoms with van der Waals surface area (Å²) in [4.78, 5) is 12.2. The first kappa shape index (κ1) is 26.4. The van der Waals surface area contributed by atoms with E-state index in [1.165, 1.54) is 15.9 Å². The zero-order valence-electron chi connectivity index (χ0n) is 20.7. The van der Waals surface area contributed by atoms with Gasteiger partial charge in [-0.3, -0.25) is 0 Å². The number of unbranched alkanes of at least 4 members (excludes halogenated alkanes) is 3. The number of carbonyl (C=O) groups is 1. The van der Waals surface area contributed by atoms with Crippen LogP contribution in [0.1, 0.15) is 32.6 Å². The van der Waals surface area contributed by atoms with E-state index in [0.717, 1.165) is 31.8 Å². The third-order valence-electron chi connectivity index (χ3n) is 6.14. The minimum atomic E-state index is -1.76. The maximum atomic E-state index is 12.2. The first-order valence-electron chi connectivity index (χ1n) is 12.4. The smallest absolute Gasteiger partial charge is 0.338 e. The van der Waals surface area contributed by atoms with Gasteiger partial charge in [0, 0.05) is 0 Å². The van der Waals surface area contributed by atoms with Gasteiger partial charge in [0.25, 0.3) is 0 Å². The molecule has 0 aliphatic carbocycles. The Morgan fingerprint density at radius 1 is 0.771 bits per heavy atom. The van der Waals surface area contributed by atoms with Crippen LogP contribution in [0.2, 0.25) is 0 Å². The van der Waals surface area contributed by atoms with Crippen LogP contribution in [0.25, 0.3) is 0 Å². The van der Waals surface area contributed by atoms with Gasteiger partial charge in [-0.1, -0.05) is 79.4 Å². The summed E-state index contributed by atoms with van der Waals surface area (Å²) in [5.74, 6) is -0.305. The van der Waals surface area contributed by atoms with Gasteiger partial charge in [-0.15, -0.1) is 0 Å². The van der Waals surface area contributed by atoms with Crippen molar-refractivity contribution in [2.45, 2.75) is 32.6 Å². The van der Waals surface area contributed by atoms with E-state index in [4.69, 9.17) is 4.74 Å². The van der Waals surface area contributed by atoms with E-state index in [2.05, 4.69) is 97.6 Å². The fourth-order valence-corrected chi connectivity index (χ4v) is 8.76. The molecule has 3 aromatic rings. The van der Waals surface area contributed by atoms with Crippen molar-refractivity contribution in [3.8, 4) is 0 Å². The molecular formula is C32H36O2P+. The molecule has 0 amide bonds. The van der Waals surface area contributed by atoms with E-state index in [-0.39, 0.29) is 5.97 Å². The van der Waals surface area contributed by atoms with Crippen molar-refractivity contribution in [3.63, 3.8) is 0 Å². The van der Waals surface area contributed by atoms with Crippen molar-refractivity contribution in [1.82, 2.24) is 0 Å². The average molecular weight is 484 g/mol. The lowest BCUT2D eigenvalue weighted by Gasteiger charge is -2.27. The third kappa shape index (κ3) is 7.13. The summed E-state index contributed by atoms with van der Waals surface area (Å²) in [6.07, 6.45) is 12.2. The van der Waals surface area contributed by atoms with Gasteiger partial charge in [0.1, 0.15) is 23.2 Å². The summed E-state index contributed by atoms with van der Waals surface area (Å²) in [5.41, 5.74) is 0.492. The van der Waals surface area contributed by atoms with E-state index >= 15 is 0 Å². The second-order valence-corrected chi connectivity index (χ2v) is 12.1. The molecule has 2 nitrogen and oxygen atoms in total. The highest BCUT2D eigenvalue weighted by molar-refractivity contribution is 7.95. The number of benzene rings is 3. The lowest BCUT2D eigenvalue weighted by atomic mass is 10.2. The minimum Gasteiger partial charge on any atom is -0.462 e. The summed E-state index contributed by atoms with van der Waals surface area (Å²) in [7, 11) is -1.76. The number of ether oxygens (including phenoxy) is 1. The van der Waals surface area contributed by atoms with E-state index in [1.54, 1.807) is 12.2 Å². The highest BCUT2D eigenvalue weighted by Gasteiger charge is 2.44. The van der Waals surface area contributed by atoms with Gasteiger partial charge < -0.3 is 4.74 Å². The van der Waals surface area contributed by atoms with E-state index in [0.29, 0.717) is 12.2 Å². The second-order valence-electron chi connectivity index (χ2n) is 8.44. The van der Waals surface area contributed by atoms with Gasteiger partial charge in [-0.05, 0) is 75.1 Å². The van der Waals surface area contributed by atoms with Gasteiger partial charge in [0.15, 0.2) is 0 Å². The third-order valence-corrected chi connectivity index (χ3v) is 10.7. The summed E-state index contributed by atoms with van der Waals surface area (Å²) >= 11 is 0. The molecular weight excluding hydrogens is 447 g/mol. The zero-order valence-corrected chi connectivity index (χ0v) is 21.6. The summed E-state index contributed by atoms with van der Waals surface area (Å²) < 4.78 is 5.44. The normalized spacial score (nSPS) is 12.0. The van der Waals surface area contributed by atoms with Crippen LogP contribution in [0, 0.1) is 0 Å². The molecule has 0 aromatic heterocycles. The molecule has 35 heavy (non-hydrogen) atoms. The molecule has 3 aromatic carbocycles. The van der Waals surface area contributed by atoms with Gasteiger partial charge in [0.2, 0.25) is 0 Å². The van der Waals surface area contributed by atoms with Crippen LogP contribution in [-0.4, -0.2) is 18.7 Å². The molecule has 3 rings (SSSR count). The first-order valence-corrected chi connectivity index (χ1v) is 14.4. The standard InChI is InChI=1S/C32H36O2P/c1-3-5-19-28(4-2)32(33)34-26-17-6-7-18-27-35(29-20-11-8-12-21-29,30-22-13-9-14-23-30)31-24-15-10-16-25-31/h3-5,8-16,19-25H,2,6-7,17-18,26-27H2,1H3/q+1/b5-3-,28-19+. The number of hydrogen-bond donors (Lipinski definition) is 0. The molecule has 0 unspecified atom stereocenters. The molecule has 0 spiro atoms. The SMILES string of the molecule is C=C/C(=C\C=C/C)C(=O)OCCCCCC[P+](c1ccccc1)(c1ccccc1)c1ccccc1. The van der Waals surface area contributed by atoms with Gasteiger partial charge >= 0.3 is 5.97 Å². The first-order chi connectivity index (χ1) is 17.2. The van der Waals surface area contributed by atoms with Crippen LogP contribution in [0.15, 0.2) is 127 Å². The second kappa shape index (κ2) is 14.2. The van der Waals surface area contributed by atoms with Crippen molar-refractivity contribution in [2.75, 3.05) is 12.8 Å². The van der Waals surface area contributed by atoms with Gasteiger partial charge in [-0.25, -0.2) is 4.79 Å². The molecule has 180 valence electrons. The Hall–Kier alpha value is -3.22. The van der Waals surface area contributed by atoms with Crippen LogP contribution in [-0.2, 0) is 9.53 Å². The van der Waals surface area contributed by atoms with Crippen molar-refractivity contribution in [2.24, 2.45) is 0 Å². The predicted octanol–water partition coefficient (Wildman–Crippen LogP) is 6.77. The van der Waals surface area contributed by atoms with E-state index < -0.39 is 7.26 Å². The molecule has 0 bridgehead atoms. The average Bonchev–Trinajstić information content (AvgIpc) is 2.92. The van der Waals surface area contributed by atoms with Gasteiger partial charge in [-0.2, -0.15) is 0 Å². The predicted molar refractivity (Wildman–Crippen MR) is 153 cm³/mol. The van der Waals surface area contributed by atoms with Crippen molar-refractivity contribution in [3.05, 3.63) is 127 Å². The lowest BCUT2D eigenvalue weighted by Crippen LogP contribution is -2.33. The highest BCUT2D eigenvalue weighted by Crippen LogP contribution is 2.55. The highest BCUT2D eigenvalue weighted by atomic mass is 31.2. The van der Waals surface area contributed by atoms with Crippen LogP contribution < -0.4 is 15.9 Å². The molecule has 0 aliphatic heterocycles. The summed E-state index contributed by atoms with van der Waals surface area (Å²) in [6, 6.07) is 33.0. The minimum absolute atomic E-state index is 0.305.